The zero-order valence-electron chi connectivity index (χ0n) is 9.73. The van der Waals surface area contributed by atoms with Gasteiger partial charge in [-0.3, -0.25) is 4.98 Å². The van der Waals surface area contributed by atoms with Crippen molar-refractivity contribution in [3.05, 3.63) is 59.6 Å². The van der Waals surface area contributed by atoms with Crippen LogP contribution < -0.4 is 5.32 Å². The number of nitrogens with zero attached hydrogens (tertiary/aromatic N) is 1. The number of allylic oxidation sites excluding steroid dienone is 1. The molecule has 0 radical (unpaired) electrons. The number of thiazole rings is 1. The van der Waals surface area contributed by atoms with E-state index in [4.69, 9.17) is 0 Å². The van der Waals surface area contributed by atoms with Gasteiger partial charge in [-0.25, -0.2) is 0 Å². The Morgan fingerprint density at radius 2 is 2.18 bits per heavy atom. The lowest BCUT2D eigenvalue weighted by Gasteiger charge is -2.09. The molecule has 0 bridgehead atoms. The van der Waals surface area contributed by atoms with Crippen molar-refractivity contribution >= 4 is 28.3 Å². The third kappa shape index (κ3) is 2.82. The molecule has 0 aliphatic rings. The van der Waals surface area contributed by atoms with E-state index in [1.165, 1.54) is 0 Å². The van der Waals surface area contributed by atoms with Crippen molar-refractivity contribution < 1.29 is 0 Å². The molecule has 17 heavy (non-hydrogen) atoms. The molecule has 0 aliphatic heterocycles. The van der Waals surface area contributed by atoms with E-state index in [1.54, 1.807) is 16.8 Å². The van der Waals surface area contributed by atoms with E-state index in [0.717, 1.165) is 27.4 Å². The van der Waals surface area contributed by atoms with Crippen molar-refractivity contribution in [1.82, 2.24) is 4.98 Å². The van der Waals surface area contributed by atoms with Gasteiger partial charge in [0.05, 0.1) is 16.1 Å². The van der Waals surface area contributed by atoms with Crippen molar-refractivity contribution in [3.8, 4) is 0 Å². The summed E-state index contributed by atoms with van der Waals surface area (Å²) in [6.07, 6.45) is 1.81. The lowest BCUT2D eigenvalue weighted by molar-refractivity contribution is 1.41. The van der Waals surface area contributed by atoms with E-state index in [-0.39, 0.29) is 0 Å². The Bertz CT molecular complexity index is 541. The Morgan fingerprint density at radius 3 is 2.82 bits per heavy atom. The molecule has 0 spiro atoms. The van der Waals surface area contributed by atoms with Crippen LogP contribution in [0.5, 0.6) is 0 Å². The van der Waals surface area contributed by atoms with Crippen LogP contribution in [0.3, 0.4) is 0 Å². The summed E-state index contributed by atoms with van der Waals surface area (Å²) in [5.74, 6) is 0. The number of hydrogen-bond donors (Lipinski definition) is 1. The van der Waals surface area contributed by atoms with Gasteiger partial charge in [0, 0.05) is 11.9 Å². The molecule has 0 saturated carbocycles. The molecule has 0 saturated heterocycles. The first-order valence-corrected chi connectivity index (χ1v) is 6.15. The number of anilines is 1. The first-order valence-electron chi connectivity index (χ1n) is 5.27. The van der Waals surface area contributed by atoms with Gasteiger partial charge in [-0.05, 0) is 24.6 Å². The van der Waals surface area contributed by atoms with Crippen molar-refractivity contribution in [2.24, 2.45) is 0 Å². The highest BCUT2D eigenvalue weighted by Gasteiger charge is 2.02. The van der Waals surface area contributed by atoms with Gasteiger partial charge in [0.1, 0.15) is 0 Å². The Morgan fingerprint density at radius 1 is 1.35 bits per heavy atom. The standard InChI is InChI=1S/C14H14N2S/c1-10(2)12-5-4-6-13(7-12)16-11(3)14-8-15-9-17-14/h4-9,16H,1,3H2,2H3. The average Bonchev–Trinajstić information content (AvgIpc) is 2.82. The summed E-state index contributed by atoms with van der Waals surface area (Å²) in [5.41, 5.74) is 5.87. The first-order chi connectivity index (χ1) is 8.16. The molecule has 1 N–H and O–H groups in total. The molecule has 86 valence electrons. The Hall–Kier alpha value is -1.87. The third-order valence-electron chi connectivity index (χ3n) is 2.38. The maximum absolute atomic E-state index is 4.03. The van der Waals surface area contributed by atoms with Crippen molar-refractivity contribution in [1.29, 1.82) is 0 Å². The monoisotopic (exact) mass is 242 g/mol. The molecular weight excluding hydrogens is 228 g/mol. The van der Waals surface area contributed by atoms with Gasteiger partial charge in [0.25, 0.3) is 0 Å². The zero-order chi connectivity index (χ0) is 12.3. The number of hydrogen-bond acceptors (Lipinski definition) is 3. The molecule has 0 atom stereocenters. The maximum atomic E-state index is 4.03. The molecule has 0 amide bonds. The second-order valence-electron chi connectivity index (χ2n) is 3.83. The summed E-state index contributed by atoms with van der Waals surface area (Å²) in [7, 11) is 0. The second kappa shape index (κ2) is 4.97. The summed E-state index contributed by atoms with van der Waals surface area (Å²) in [6.45, 7) is 9.94. The summed E-state index contributed by atoms with van der Waals surface area (Å²) in [5, 5.41) is 3.27. The van der Waals surface area contributed by atoms with Crippen LogP contribution in [0.15, 0.2) is 49.1 Å². The van der Waals surface area contributed by atoms with Crippen LogP contribution in [-0.4, -0.2) is 4.98 Å². The van der Waals surface area contributed by atoms with Crippen LogP contribution in [0, 0.1) is 0 Å². The molecular formula is C14H14N2S. The minimum atomic E-state index is 0.867. The van der Waals surface area contributed by atoms with E-state index in [0.29, 0.717) is 0 Å². The first kappa shape index (κ1) is 11.6. The normalized spacial score (nSPS) is 9.94. The average molecular weight is 242 g/mol. The van der Waals surface area contributed by atoms with Gasteiger partial charge in [-0.2, -0.15) is 0 Å². The van der Waals surface area contributed by atoms with Crippen molar-refractivity contribution in [2.45, 2.75) is 6.92 Å². The maximum Gasteiger partial charge on any atom is 0.0798 e. The fourth-order valence-corrected chi connectivity index (χ4v) is 2.01. The predicted molar refractivity (Wildman–Crippen MR) is 75.9 cm³/mol. The highest BCUT2D eigenvalue weighted by molar-refractivity contribution is 7.10. The zero-order valence-corrected chi connectivity index (χ0v) is 10.6. The van der Waals surface area contributed by atoms with Crippen LogP contribution in [0.2, 0.25) is 0 Å². The quantitative estimate of drug-likeness (QED) is 0.866. The van der Waals surface area contributed by atoms with Crippen molar-refractivity contribution in [2.75, 3.05) is 5.32 Å². The summed E-state index contributed by atoms with van der Waals surface area (Å²) < 4.78 is 0. The Balaban J connectivity index is 2.16. The van der Waals surface area contributed by atoms with Gasteiger partial charge in [0.2, 0.25) is 0 Å². The topological polar surface area (TPSA) is 24.9 Å². The molecule has 2 rings (SSSR count). The minimum Gasteiger partial charge on any atom is -0.355 e. The molecule has 1 heterocycles. The van der Waals surface area contributed by atoms with Gasteiger partial charge in [-0.15, -0.1) is 11.3 Å². The van der Waals surface area contributed by atoms with Gasteiger partial charge >= 0.3 is 0 Å². The van der Waals surface area contributed by atoms with Crippen LogP contribution in [0.1, 0.15) is 17.4 Å². The minimum absolute atomic E-state index is 0.867. The van der Waals surface area contributed by atoms with Crippen molar-refractivity contribution in [3.63, 3.8) is 0 Å². The van der Waals surface area contributed by atoms with Crippen LogP contribution in [-0.2, 0) is 0 Å². The van der Waals surface area contributed by atoms with Gasteiger partial charge in [-0.1, -0.05) is 30.9 Å². The Labute approximate surface area is 105 Å². The SMILES string of the molecule is C=C(C)c1cccc(NC(=C)c2cncs2)c1. The molecule has 1 aromatic carbocycles. The molecule has 1 aromatic heterocycles. The fourth-order valence-electron chi connectivity index (χ4n) is 1.46. The van der Waals surface area contributed by atoms with E-state index >= 15 is 0 Å². The van der Waals surface area contributed by atoms with Crippen LogP contribution in [0.25, 0.3) is 11.3 Å². The molecule has 0 fully saturated rings. The molecule has 3 heteroatoms. The third-order valence-corrected chi connectivity index (χ3v) is 3.21. The summed E-state index contributed by atoms with van der Waals surface area (Å²) in [6, 6.07) is 8.13. The number of nitrogens with one attached hydrogen (secondary N) is 1. The predicted octanol–water partition coefficient (Wildman–Crippen LogP) is 4.26. The lowest BCUT2D eigenvalue weighted by atomic mass is 10.1. The fraction of sp³-hybridized carbons (Fsp3) is 0.0714. The smallest absolute Gasteiger partial charge is 0.0798 e. The van der Waals surface area contributed by atoms with E-state index < -0.39 is 0 Å². The lowest BCUT2D eigenvalue weighted by Crippen LogP contribution is -1.95. The van der Waals surface area contributed by atoms with E-state index in [1.807, 2.05) is 31.3 Å². The summed E-state index contributed by atoms with van der Waals surface area (Å²) >= 11 is 1.57. The number of benzene rings is 1. The largest absolute Gasteiger partial charge is 0.355 e. The second-order valence-corrected chi connectivity index (χ2v) is 4.72. The highest BCUT2D eigenvalue weighted by Crippen LogP contribution is 2.22. The van der Waals surface area contributed by atoms with Crippen LogP contribution in [0.4, 0.5) is 5.69 Å². The highest BCUT2D eigenvalue weighted by atomic mass is 32.1. The Kier molecular flexibility index (Phi) is 3.40. The molecule has 2 nitrogen and oxygen atoms in total. The van der Waals surface area contributed by atoms with Gasteiger partial charge < -0.3 is 5.32 Å². The number of rotatable bonds is 4. The number of aromatic nitrogens is 1. The van der Waals surface area contributed by atoms with E-state index in [9.17, 15) is 0 Å². The van der Waals surface area contributed by atoms with Gasteiger partial charge in [0.15, 0.2) is 0 Å². The molecule has 0 aliphatic carbocycles. The molecule has 2 aromatic rings. The summed E-state index contributed by atoms with van der Waals surface area (Å²) in [4.78, 5) is 5.08. The molecule has 0 unspecified atom stereocenters. The van der Waals surface area contributed by atoms with Crippen LogP contribution >= 0.6 is 11.3 Å². The van der Waals surface area contributed by atoms with E-state index in [2.05, 4.69) is 29.5 Å².